The predicted octanol–water partition coefficient (Wildman–Crippen LogP) is 6.36. The Labute approximate surface area is 242 Å². The van der Waals surface area contributed by atoms with E-state index in [0.29, 0.717) is 23.6 Å². The first-order valence-corrected chi connectivity index (χ1v) is 15.4. The van der Waals surface area contributed by atoms with Gasteiger partial charge in [0.25, 0.3) is 5.91 Å². The van der Waals surface area contributed by atoms with Crippen molar-refractivity contribution >= 4 is 35.0 Å². The number of benzene rings is 2. The average Bonchev–Trinajstić information content (AvgIpc) is 2.95. The van der Waals surface area contributed by atoms with E-state index >= 15 is 0 Å². The van der Waals surface area contributed by atoms with Crippen molar-refractivity contribution in [2.45, 2.75) is 95.7 Å². The highest BCUT2D eigenvalue weighted by atomic mass is 32.1. The molecule has 3 fully saturated rings. The summed E-state index contributed by atoms with van der Waals surface area (Å²) in [6.45, 7) is 0.320. The van der Waals surface area contributed by atoms with E-state index in [9.17, 15) is 14.4 Å². The first kappa shape index (κ1) is 28.5. The number of ether oxygens (including phenoxy) is 1. The van der Waals surface area contributed by atoms with Crippen molar-refractivity contribution in [2.24, 2.45) is 11.8 Å². The van der Waals surface area contributed by atoms with E-state index in [1.54, 1.807) is 17.0 Å². The van der Waals surface area contributed by atoms with Gasteiger partial charge in [-0.1, -0.05) is 93.8 Å². The van der Waals surface area contributed by atoms with Gasteiger partial charge in [-0.05, 0) is 55.6 Å². The van der Waals surface area contributed by atoms with E-state index in [2.05, 4.69) is 5.32 Å². The molecule has 1 aliphatic heterocycles. The summed E-state index contributed by atoms with van der Waals surface area (Å²) in [5.41, 5.74) is 2.32. The van der Waals surface area contributed by atoms with Gasteiger partial charge in [0.1, 0.15) is 6.61 Å². The van der Waals surface area contributed by atoms with Crippen LogP contribution in [0.2, 0.25) is 0 Å². The number of fused-ring (bicyclic) bond motifs is 1. The largest absolute Gasteiger partial charge is 0.478 e. The Morgan fingerprint density at radius 3 is 2.17 bits per heavy atom. The molecule has 2 aromatic rings. The SMILES string of the molecule is O=C(N[C@H]1CCCCCC[C@H]1C(=O)N1C(=O)[C@@H]2CCCCCC[C@@H]21)c1ccc(COC(=S)c2ccccc2)cc1. The molecule has 0 aromatic heterocycles. The summed E-state index contributed by atoms with van der Waals surface area (Å²) in [5.74, 6) is -0.592. The lowest BCUT2D eigenvalue weighted by molar-refractivity contribution is -0.170. The summed E-state index contributed by atoms with van der Waals surface area (Å²) < 4.78 is 5.76. The fourth-order valence-corrected chi connectivity index (χ4v) is 6.73. The van der Waals surface area contributed by atoms with Crippen LogP contribution in [0.25, 0.3) is 0 Å². The molecule has 2 saturated carbocycles. The second-order valence-corrected chi connectivity index (χ2v) is 11.9. The van der Waals surface area contributed by atoms with Crippen LogP contribution in [0.5, 0.6) is 0 Å². The van der Waals surface area contributed by atoms with E-state index in [1.807, 2.05) is 42.5 Å². The number of thiocarbonyl (C=S) groups is 1. The summed E-state index contributed by atoms with van der Waals surface area (Å²) in [6.07, 6.45) is 11.9. The van der Waals surface area contributed by atoms with Crippen molar-refractivity contribution in [2.75, 3.05) is 0 Å². The molecule has 0 radical (unpaired) electrons. The molecule has 212 valence electrons. The number of imide groups is 1. The molecule has 3 amide bonds. The topological polar surface area (TPSA) is 75.7 Å². The Morgan fingerprint density at radius 2 is 1.45 bits per heavy atom. The maximum absolute atomic E-state index is 13.8. The fourth-order valence-electron chi connectivity index (χ4n) is 6.54. The number of nitrogens with one attached hydrogen (secondary N) is 1. The Morgan fingerprint density at radius 1 is 0.800 bits per heavy atom. The molecule has 6 nitrogen and oxygen atoms in total. The van der Waals surface area contributed by atoms with E-state index in [1.165, 1.54) is 12.8 Å². The maximum Gasteiger partial charge on any atom is 0.251 e. The quantitative estimate of drug-likeness (QED) is 0.253. The van der Waals surface area contributed by atoms with Crippen LogP contribution < -0.4 is 5.32 Å². The normalized spacial score (nSPS) is 25.2. The van der Waals surface area contributed by atoms with Gasteiger partial charge in [-0.3, -0.25) is 19.3 Å². The lowest BCUT2D eigenvalue weighted by Crippen LogP contribution is -2.65. The lowest BCUT2D eigenvalue weighted by atomic mass is 9.76. The van der Waals surface area contributed by atoms with Crippen LogP contribution in [0.15, 0.2) is 54.6 Å². The number of nitrogens with zero attached hydrogens (tertiary/aromatic N) is 1. The third-order valence-corrected chi connectivity index (χ3v) is 9.20. The molecule has 3 aliphatic rings. The molecule has 2 aromatic carbocycles. The Bertz CT molecular complexity index is 1200. The molecule has 40 heavy (non-hydrogen) atoms. The van der Waals surface area contributed by atoms with Crippen LogP contribution in [0, 0.1) is 11.8 Å². The molecular weight excluding hydrogens is 520 g/mol. The molecule has 2 aliphatic carbocycles. The van der Waals surface area contributed by atoms with Gasteiger partial charge in [0.2, 0.25) is 11.8 Å². The van der Waals surface area contributed by atoms with Crippen molar-refractivity contribution in [3.05, 3.63) is 71.3 Å². The molecule has 0 bridgehead atoms. The second kappa shape index (κ2) is 13.5. The molecule has 4 atom stereocenters. The van der Waals surface area contributed by atoms with Crippen molar-refractivity contribution in [3.8, 4) is 0 Å². The van der Waals surface area contributed by atoms with Gasteiger partial charge in [-0.15, -0.1) is 0 Å². The van der Waals surface area contributed by atoms with Gasteiger partial charge in [0.15, 0.2) is 5.05 Å². The summed E-state index contributed by atoms with van der Waals surface area (Å²) in [7, 11) is 0. The predicted molar refractivity (Wildman–Crippen MR) is 159 cm³/mol. The summed E-state index contributed by atoms with van der Waals surface area (Å²) in [6, 6.07) is 16.7. The number of carbonyl (C=O) groups excluding carboxylic acids is 3. The minimum Gasteiger partial charge on any atom is -0.478 e. The number of carbonyl (C=O) groups is 3. The zero-order chi connectivity index (χ0) is 27.9. The number of β-lactam (4-membered cyclic amide) rings is 1. The highest BCUT2D eigenvalue weighted by Crippen LogP contribution is 2.39. The highest BCUT2D eigenvalue weighted by Gasteiger charge is 2.51. The van der Waals surface area contributed by atoms with Crippen LogP contribution in [-0.2, 0) is 20.9 Å². The van der Waals surface area contributed by atoms with Gasteiger partial charge >= 0.3 is 0 Å². The van der Waals surface area contributed by atoms with Crippen LogP contribution >= 0.6 is 12.2 Å². The van der Waals surface area contributed by atoms with E-state index in [4.69, 9.17) is 17.0 Å². The first-order valence-electron chi connectivity index (χ1n) is 15.0. The van der Waals surface area contributed by atoms with Gasteiger partial charge < -0.3 is 10.1 Å². The maximum atomic E-state index is 13.8. The summed E-state index contributed by atoms with van der Waals surface area (Å²) in [4.78, 5) is 41.8. The van der Waals surface area contributed by atoms with Gasteiger partial charge in [0, 0.05) is 17.2 Å². The smallest absolute Gasteiger partial charge is 0.251 e. The van der Waals surface area contributed by atoms with Crippen LogP contribution in [0.4, 0.5) is 0 Å². The summed E-state index contributed by atoms with van der Waals surface area (Å²) >= 11 is 5.38. The molecule has 5 rings (SSSR count). The summed E-state index contributed by atoms with van der Waals surface area (Å²) in [5, 5.41) is 3.63. The minimum absolute atomic E-state index is 0.00795. The molecule has 1 saturated heterocycles. The number of likely N-dealkylation sites (tertiary alicyclic amines) is 1. The van der Waals surface area contributed by atoms with Gasteiger partial charge in [-0.2, -0.15) is 0 Å². The van der Waals surface area contributed by atoms with E-state index in [-0.39, 0.29) is 41.6 Å². The second-order valence-electron chi connectivity index (χ2n) is 11.5. The molecule has 1 N–H and O–H groups in total. The molecule has 7 heteroatoms. The third kappa shape index (κ3) is 6.63. The van der Waals surface area contributed by atoms with Crippen molar-refractivity contribution in [1.82, 2.24) is 10.2 Å². The van der Waals surface area contributed by atoms with Gasteiger partial charge in [0.05, 0.1) is 17.9 Å². The Balaban J connectivity index is 1.22. The Hall–Kier alpha value is -3.06. The minimum atomic E-state index is -0.355. The van der Waals surface area contributed by atoms with E-state index in [0.717, 1.165) is 68.9 Å². The number of hydrogen-bond acceptors (Lipinski definition) is 5. The zero-order valence-electron chi connectivity index (χ0n) is 23.2. The molecule has 0 unspecified atom stereocenters. The van der Waals surface area contributed by atoms with Crippen LogP contribution in [0.3, 0.4) is 0 Å². The highest BCUT2D eigenvalue weighted by molar-refractivity contribution is 7.80. The van der Waals surface area contributed by atoms with Crippen LogP contribution in [-0.4, -0.2) is 39.8 Å². The monoisotopic (exact) mass is 560 g/mol. The Kier molecular flexibility index (Phi) is 9.63. The van der Waals surface area contributed by atoms with Gasteiger partial charge in [-0.25, -0.2) is 0 Å². The number of rotatable bonds is 6. The number of hydrogen-bond donors (Lipinski definition) is 1. The standard InChI is InChI=1S/C33H40N2O4S/c36-30(24-20-18-23(19-21-24)22-39-33(40)25-12-6-5-7-13-25)34-28-16-10-3-1-8-14-26(28)31(37)35-29-17-11-4-2-9-15-27(29)32(35)38/h5-7,12-13,18-21,26-29H,1-4,8-11,14-17,22H2,(H,34,36)/t26-,27-,28+,29+/m1/s1. The van der Waals surface area contributed by atoms with E-state index < -0.39 is 0 Å². The fraction of sp³-hybridized carbons (Fsp3) is 0.515. The third-order valence-electron chi connectivity index (χ3n) is 8.85. The number of amides is 3. The van der Waals surface area contributed by atoms with Crippen molar-refractivity contribution in [1.29, 1.82) is 0 Å². The van der Waals surface area contributed by atoms with Crippen molar-refractivity contribution in [3.63, 3.8) is 0 Å². The molecular formula is C33H40N2O4S. The lowest BCUT2D eigenvalue weighted by Gasteiger charge is -2.48. The molecule has 0 spiro atoms. The first-order chi connectivity index (χ1) is 19.5. The average molecular weight is 561 g/mol. The van der Waals surface area contributed by atoms with Crippen molar-refractivity contribution < 1.29 is 19.1 Å². The zero-order valence-corrected chi connectivity index (χ0v) is 24.0. The van der Waals surface area contributed by atoms with Crippen LogP contribution in [0.1, 0.15) is 98.5 Å². The molecule has 1 heterocycles.